The van der Waals surface area contributed by atoms with E-state index < -0.39 is 0 Å². The molecule has 0 radical (unpaired) electrons. The van der Waals surface area contributed by atoms with E-state index in [-0.39, 0.29) is 0 Å². The van der Waals surface area contributed by atoms with Gasteiger partial charge in [-0.2, -0.15) is 10.2 Å². The maximum Gasteiger partial charge on any atom is 0.172 e. The Morgan fingerprint density at radius 2 is 2.12 bits per heavy atom. The van der Waals surface area contributed by atoms with Gasteiger partial charge in [0.15, 0.2) is 10.9 Å². The Hall–Kier alpha value is -1.90. The van der Waals surface area contributed by atoms with E-state index in [4.69, 9.17) is 23.8 Å². The number of hydrogen-bond donors (Lipinski definition) is 2. The molecule has 3 rings (SSSR count). The quantitative estimate of drug-likeness (QED) is 0.551. The predicted molar refractivity (Wildman–Crippen MR) is 111 cm³/mol. The third-order valence-corrected chi connectivity index (χ3v) is 4.97. The fraction of sp³-hybridized carbons (Fsp3) is 0.235. The summed E-state index contributed by atoms with van der Waals surface area (Å²) >= 11 is 15.1. The number of nitrogens with one attached hydrogen (secondary N) is 2. The summed E-state index contributed by atoms with van der Waals surface area (Å²) in [4.78, 5) is 0. The molecular formula is C17H18BrClN6S. The third kappa shape index (κ3) is 4.63. The molecule has 2 heterocycles. The fourth-order valence-electron chi connectivity index (χ4n) is 2.48. The fourth-order valence-corrected chi connectivity index (χ4v) is 3.26. The summed E-state index contributed by atoms with van der Waals surface area (Å²) in [6.45, 7) is 4.05. The number of benzene rings is 1. The standard InChI is InChI=1S/C17H18BrClN6S/c1-2-25-13(7-8-21-25)9-20-17(26)22-16-14(18)11-24(23-16)10-12-5-3-4-6-15(12)19/h3-8,11H,2,9-10H2,1H3,(H2,20,22,23,26). The predicted octanol–water partition coefficient (Wildman–Crippen LogP) is 4.05. The number of aryl methyl sites for hydroxylation is 1. The van der Waals surface area contributed by atoms with Gasteiger partial charge >= 0.3 is 0 Å². The summed E-state index contributed by atoms with van der Waals surface area (Å²) in [5.74, 6) is 0.651. The molecule has 0 aliphatic carbocycles. The van der Waals surface area contributed by atoms with Gasteiger partial charge in [0.1, 0.15) is 0 Å². The molecule has 0 spiro atoms. The van der Waals surface area contributed by atoms with E-state index in [0.717, 1.165) is 27.3 Å². The zero-order valence-electron chi connectivity index (χ0n) is 14.1. The van der Waals surface area contributed by atoms with E-state index in [2.05, 4.69) is 43.7 Å². The van der Waals surface area contributed by atoms with Gasteiger partial charge in [0.25, 0.3) is 0 Å². The summed E-state index contributed by atoms with van der Waals surface area (Å²) in [7, 11) is 0. The number of hydrogen-bond acceptors (Lipinski definition) is 3. The number of nitrogens with zero attached hydrogens (tertiary/aromatic N) is 4. The lowest BCUT2D eigenvalue weighted by atomic mass is 10.2. The van der Waals surface area contributed by atoms with Crippen molar-refractivity contribution in [3.05, 3.63) is 63.5 Å². The van der Waals surface area contributed by atoms with Gasteiger partial charge in [-0.05, 0) is 52.8 Å². The highest BCUT2D eigenvalue weighted by atomic mass is 79.9. The number of anilines is 1. The molecule has 0 saturated carbocycles. The molecule has 0 aliphatic heterocycles. The summed E-state index contributed by atoms with van der Waals surface area (Å²) in [6, 6.07) is 9.68. The first-order valence-electron chi connectivity index (χ1n) is 8.08. The van der Waals surface area contributed by atoms with Crippen LogP contribution in [0, 0.1) is 0 Å². The summed E-state index contributed by atoms with van der Waals surface area (Å²) in [5.41, 5.74) is 2.07. The largest absolute Gasteiger partial charge is 0.357 e. The van der Waals surface area contributed by atoms with Crippen molar-refractivity contribution in [2.24, 2.45) is 0 Å². The molecule has 6 nitrogen and oxygen atoms in total. The van der Waals surface area contributed by atoms with E-state index in [1.165, 1.54) is 0 Å². The molecule has 3 aromatic rings. The molecule has 1 aromatic carbocycles. The van der Waals surface area contributed by atoms with Gasteiger partial charge in [0.05, 0.1) is 23.3 Å². The average molecular weight is 454 g/mol. The van der Waals surface area contributed by atoms with E-state index >= 15 is 0 Å². The van der Waals surface area contributed by atoms with E-state index in [9.17, 15) is 0 Å². The van der Waals surface area contributed by atoms with Crippen LogP contribution in [0.1, 0.15) is 18.2 Å². The Balaban J connectivity index is 1.60. The van der Waals surface area contributed by atoms with Crippen LogP contribution in [0.25, 0.3) is 0 Å². The van der Waals surface area contributed by atoms with Gasteiger partial charge < -0.3 is 10.6 Å². The lowest BCUT2D eigenvalue weighted by Gasteiger charge is -2.10. The molecule has 136 valence electrons. The van der Waals surface area contributed by atoms with Crippen LogP contribution < -0.4 is 10.6 Å². The molecule has 0 saturated heterocycles. The zero-order chi connectivity index (χ0) is 18.5. The Labute approximate surface area is 170 Å². The Morgan fingerprint density at radius 3 is 2.88 bits per heavy atom. The molecule has 0 aliphatic rings. The lowest BCUT2D eigenvalue weighted by molar-refractivity contribution is 0.614. The maximum atomic E-state index is 6.21. The second kappa shape index (κ2) is 8.66. The van der Waals surface area contributed by atoms with Gasteiger partial charge in [-0.1, -0.05) is 29.8 Å². The minimum absolute atomic E-state index is 0.498. The molecule has 2 aromatic heterocycles. The minimum Gasteiger partial charge on any atom is -0.357 e. The van der Waals surface area contributed by atoms with Crippen LogP contribution in [0.5, 0.6) is 0 Å². The zero-order valence-corrected chi connectivity index (χ0v) is 17.3. The van der Waals surface area contributed by atoms with Gasteiger partial charge in [0.2, 0.25) is 0 Å². The summed E-state index contributed by atoms with van der Waals surface area (Å²) < 4.78 is 4.55. The molecule has 0 fully saturated rings. The molecule has 26 heavy (non-hydrogen) atoms. The van der Waals surface area contributed by atoms with Gasteiger partial charge in [-0.25, -0.2) is 0 Å². The summed E-state index contributed by atoms with van der Waals surface area (Å²) in [6.07, 6.45) is 3.67. The molecule has 9 heteroatoms. The highest BCUT2D eigenvalue weighted by molar-refractivity contribution is 9.10. The first kappa shape index (κ1) is 18.9. The van der Waals surface area contributed by atoms with E-state index in [1.54, 1.807) is 6.20 Å². The van der Waals surface area contributed by atoms with Crippen molar-refractivity contribution in [3.8, 4) is 0 Å². The van der Waals surface area contributed by atoms with E-state index in [1.807, 2.05) is 45.9 Å². The van der Waals surface area contributed by atoms with Crippen LogP contribution >= 0.6 is 39.7 Å². The first-order chi connectivity index (χ1) is 12.6. The maximum absolute atomic E-state index is 6.21. The van der Waals surface area contributed by atoms with Crippen molar-refractivity contribution in [1.29, 1.82) is 0 Å². The molecular weight excluding hydrogens is 436 g/mol. The van der Waals surface area contributed by atoms with Crippen LogP contribution in [0.4, 0.5) is 5.82 Å². The summed E-state index contributed by atoms with van der Waals surface area (Å²) in [5, 5.41) is 16.3. The Morgan fingerprint density at radius 1 is 1.31 bits per heavy atom. The van der Waals surface area contributed by atoms with Crippen molar-refractivity contribution in [1.82, 2.24) is 24.9 Å². The molecule has 0 atom stereocenters. The topological polar surface area (TPSA) is 59.7 Å². The van der Waals surface area contributed by atoms with Gasteiger partial charge in [-0.3, -0.25) is 9.36 Å². The third-order valence-electron chi connectivity index (χ3n) is 3.77. The van der Waals surface area contributed by atoms with Gasteiger partial charge in [-0.15, -0.1) is 0 Å². The number of halogens is 2. The first-order valence-corrected chi connectivity index (χ1v) is 9.66. The van der Waals surface area contributed by atoms with Crippen molar-refractivity contribution in [2.75, 3.05) is 5.32 Å². The van der Waals surface area contributed by atoms with Crippen LogP contribution in [0.2, 0.25) is 5.02 Å². The SMILES string of the molecule is CCn1nccc1CNC(=S)Nc1nn(Cc2ccccc2Cl)cc1Br. The Bertz CT molecular complexity index is 906. The van der Waals surface area contributed by atoms with Crippen molar-refractivity contribution < 1.29 is 0 Å². The lowest BCUT2D eigenvalue weighted by Crippen LogP contribution is -2.29. The molecule has 0 amide bonds. The molecule has 0 bridgehead atoms. The van der Waals surface area contributed by atoms with Crippen LogP contribution in [0.3, 0.4) is 0 Å². The minimum atomic E-state index is 0.498. The van der Waals surface area contributed by atoms with Crippen LogP contribution in [-0.4, -0.2) is 24.7 Å². The smallest absolute Gasteiger partial charge is 0.172 e. The average Bonchev–Trinajstić information content (AvgIpc) is 3.21. The van der Waals surface area contributed by atoms with Gasteiger partial charge in [0, 0.05) is 24.0 Å². The molecule has 0 unspecified atom stereocenters. The van der Waals surface area contributed by atoms with Crippen molar-refractivity contribution in [2.45, 2.75) is 26.6 Å². The second-order valence-corrected chi connectivity index (χ2v) is 7.23. The normalized spacial score (nSPS) is 10.7. The monoisotopic (exact) mass is 452 g/mol. The van der Waals surface area contributed by atoms with Crippen LogP contribution in [0.15, 0.2) is 47.2 Å². The second-order valence-electron chi connectivity index (χ2n) is 5.56. The highest BCUT2D eigenvalue weighted by Gasteiger charge is 2.10. The number of aromatic nitrogens is 4. The van der Waals surface area contributed by atoms with Crippen molar-refractivity contribution in [3.63, 3.8) is 0 Å². The highest BCUT2D eigenvalue weighted by Crippen LogP contribution is 2.22. The van der Waals surface area contributed by atoms with Crippen molar-refractivity contribution >= 4 is 50.7 Å². The number of rotatable bonds is 6. The van der Waals surface area contributed by atoms with Crippen LogP contribution in [-0.2, 0) is 19.6 Å². The Kier molecular flexibility index (Phi) is 6.29. The van der Waals surface area contributed by atoms with E-state index in [0.29, 0.717) is 24.0 Å². The molecule has 2 N–H and O–H groups in total. The number of thiocarbonyl (C=S) groups is 1.